The van der Waals surface area contributed by atoms with Gasteiger partial charge in [0.05, 0.1) is 0 Å². The van der Waals surface area contributed by atoms with Crippen LogP contribution in [-0.2, 0) is 17.8 Å². The molecule has 3 heteroatoms. The summed E-state index contributed by atoms with van der Waals surface area (Å²) in [7, 11) is 0. The van der Waals surface area contributed by atoms with Crippen molar-refractivity contribution in [3.8, 4) is 0 Å². The first-order valence-corrected chi connectivity index (χ1v) is 6.73. The molecule has 2 aromatic rings. The number of hydrogen-bond donors (Lipinski definition) is 0. The number of aryl methyl sites for hydroxylation is 2. The van der Waals surface area contributed by atoms with Crippen LogP contribution in [0.4, 0.5) is 0 Å². The van der Waals surface area contributed by atoms with E-state index in [1.54, 1.807) is 0 Å². The molecule has 2 rings (SSSR count). The zero-order valence-corrected chi connectivity index (χ0v) is 11.7. The van der Waals surface area contributed by atoms with Crippen molar-refractivity contribution < 1.29 is 13.9 Å². The fourth-order valence-electron chi connectivity index (χ4n) is 1.80. The molecule has 2 aromatic heterocycles. The first-order chi connectivity index (χ1) is 9.24. The van der Waals surface area contributed by atoms with Crippen LogP contribution >= 0.6 is 0 Å². The maximum Gasteiger partial charge on any atom is 0.171 e. The predicted molar refractivity (Wildman–Crippen MR) is 73.6 cm³/mol. The summed E-state index contributed by atoms with van der Waals surface area (Å²) in [6.07, 6.45) is 8.36. The Morgan fingerprint density at radius 3 is 1.47 bits per heavy atom. The molecular weight excluding hydrogens is 236 g/mol. The zero-order valence-electron chi connectivity index (χ0n) is 11.7. The van der Waals surface area contributed by atoms with E-state index >= 15 is 0 Å². The minimum Gasteiger partial charge on any atom is -0.368 e. The van der Waals surface area contributed by atoms with Gasteiger partial charge >= 0.3 is 0 Å². The fraction of sp³-hybridized carbons (Fsp3) is 0.375. The summed E-state index contributed by atoms with van der Waals surface area (Å²) in [6, 6.07) is 8.45. The van der Waals surface area contributed by atoms with Gasteiger partial charge in [0.25, 0.3) is 0 Å². The molecule has 0 aliphatic rings. The van der Waals surface area contributed by atoms with E-state index in [1.807, 2.05) is 0 Å². The molecule has 0 bridgehead atoms. The van der Waals surface area contributed by atoms with E-state index in [4.69, 9.17) is 4.74 Å². The van der Waals surface area contributed by atoms with Crippen molar-refractivity contribution >= 4 is 0 Å². The van der Waals surface area contributed by atoms with Gasteiger partial charge in [-0.3, -0.25) is 0 Å². The lowest BCUT2D eigenvalue weighted by molar-refractivity contribution is -0.705. The van der Waals surface area contributed by atoms with E-state index in [0.29, 0.717) is 0 Å². The smallest absolute Gasteiger partial charge is 0.171 e. The average Bonchev–Trinajstić information content (AvgIpc) is 2.43. The molecule has 0 radical (unpaired) electrons. The lowest BCUT2D eigenvalue weighted by atomic mass is 10.3. The Morgan fingerprint density at radius 1 is 0.737 bits per heavy atom. The molecule has 0 atom stereocenters. The van der Waals surface area contributed by atoms with Crippen molar-refractivity contribution in [2.45, 2.75) is 26.9 Å². The van der Waals surface area contributed by atoms with Crippen LogP contribution in [0.2, 0.25) is 0 Å². The largest absolute Gasteiger partial charge is 0.368 e. The maximum absolute atomic E-state index is 5.66. The minimum atomic E-state index is 0.750. The van der Waals surface area contributed by atoms with Crippen molar-refractivity contribution in [1.82, 2.24) is 0 Å². The van der Waals surface area contributed by atoms with Crippen LogP contribution in [0.5, 0.6) is 0 Å². The lowest BCUT2D eigenvalue weighted by Crippen LogP contribution is -2.37. The Hall–Kier alpha value is -1.74. The van der Waals surface area contributed by atoms with Crippen LogP contribution in [-0.4, -0.2) is 13.2 Å². The summed E-state index contributed by atoms with van der Waals surface area (Å²) < 4.78 is 9.95. The Kier molecular flexibility index (Phi) is 5.04. The van der Waals surface area contributed by atoms with Gasteiger partial charge < -0.3 is 4.74 Å². The van der Waals surface area contributed by atoms with Gasteiger partial charge in [-0.25, -0.2) is 9.13 Å². The van der Waals surface area contributed by atoms with Gasteiger partial charge in [-0.15, -0.1) is 0 Å². The molecule has 0 aromatic carbocycles. The van der Waals surface area contributed by atoms with Crippen molar-refractivity contribution in [3.63, 3.8) is 0 Å². The summed E-state index contributed by atoms with van der Waals surface area (Å²) in [5.41, 5.74) is 2.57. The third-order valence-electron chi connectivity index (χ3n) is 3.10. The van der Waals surface area contributed by atoms with Gasteiger partial charge in [0, 0.05) is 24.3 Å². The first kappa shape index (κ1) is 13.7. The molecule has 100 valence electrons. The first-order valence-electron chi connectivity index (χ1n) is 6.73. The van der Waals surface area contributed by atoms with Gasteiger partial charge in [-0.2, -0.15) is 0 Å². The van der Waals surface area contributed by atoms with E-state index < -0.39 is 0 Å². The average molecular weight is 258 g/mol. The number of ether oxygens (including phenoxy) is 1. The topological polar surface area (TPSA) is 17.0 Å². The Bertz CT molecular complexity index is 444. The van der Waals surface area contributed by atoms with Crippen molar-refractivity contribution in [3.05, 3.63) is 60.2 Å². The maximum atomic E-state index is 5.66. The molecule has 0 amide bonds. The van der Waals surface area contributed by atoms with Crippen molar-refractivity contribution in [1.29, 1.82) is 0 Å². The van der Waals surface area contributed by atoms with Gasteiger partial charge in [-0.05, 0) is 25.0 Å². The lowest BCUT2D eigenvalue weighted by Gasteiger charge is -2.00. The number of pyridine rings is 2. The van der Waals surface area contributed by atoms with Gasteiger partial charge in [0.15, 0.2) is 37.9 Å². The van der Waals surface area contributed by atoms with Crippen LogP contribution in [0.25, 0.3) is 0 Å². The monoisotopic (exact) mass is 258 g/mol. The third kappa shape index (κ3) is 4.79. The molecule has 0 saturated heterocycles. The standard InChI is InChI=1S/C16H22N2O/c1-15-3-7-17(8-4-15)11-13-19-14-12-18-9-5-16(2)6-10-18/h3-10H,11-14H2,1-2H3/q+2. The molecule has 3 nitrogen and oxygen atoms in total. The summed E-state index contributed by atoms with van der Waals surface area (Å²) in [5, 5.41) is 0. The van der Waals surface area contributed by atoms with Gasteiger partial charge in [-0.1, -0.05) is 0 Å². The molecule has 0 unspecified atom stereocenters. The van der Waals surface area contributed by atoms with E-state index in [9.17, 15) is 0 Å². The van der Waals surface area contributed by atoms with Gasteiger partial charge in [0.1, 0.15) is 13.2 Å². The predicted octanol–water partition coefficient (Wildman–Crippen LogP) is 1.60. The molecule has 2 heterocycles. The van der Waals surface area contributed by atoms with E-state index in [2.05, 4.69) is 72.0 Å². The quantitative estimate of drug-likeness (QED) is 0.568. The molecule has 0 aliphatic heterocycles. The highest BCUT2D eigenvalue weighted by atomic mass is 16.5. The van der Waals surface area contributed by atoms with Crippen LogP contribution in [0.1, 0.15) is 11.1 Å². The second kappa shape index (κ2) is 7.00. The number of hydrogen-bond acceptors (Lipinski definition) is 1. The number of nitrogens with zero attached hydrogens (tertiary/aromatic N) is 2. The molecular formula is C16H22N2O+2. The highest BCUT2D eigenvalue weighted by Crippen LogP contribution is 1.90. The Labute approximate surface area is 115 Å². The van der Waals surface area contributed by atoms with Crippen molar-refractivity contribution in [2.24, 2.45) is 0 Å². The van der Waals surface area contributed by atoms with E-state index in [-0.39, 0.29) is 0 Å². The molecule has 0 N–H and O–H groups in total. The summed E-state index contributed by atoms with van der Waals surface area (Å²) in [6.45, 7) is 7.50. The summed E-state index contributed by atoms with van der Waals surface area (Å²) in [4.78, 5) is 0. The summed E-state index contributed by atoms with van der Waals surface area (Å²) in [5.74, 6) is 0. The Balaban J connectivity index is 1.64. The van der Waals surface area contributed by atoms with E-state index in [1.165, 1.54) is 11.1 Å². The molecule has 0 spiro atoms. The highest BCUT2D eigenvalue weighted by Gasteiger charge is 2.02. The summed E-state index contributed by atoms with van der Waals surface area (Å²) >= 11 is 0. The molecule has 19 heavy (non-hydrogen) atoms. The number of rotatable bonds is 6. The highest BCUT2D eigenvalue weighted by molar-refractivity contribution is 5.03. The fourth-order valence-corrected chi connectivity index (χ4v) is 1.80. The Morgan fingerprint density at radius 2 is 1.11 bits per heavy atom. The second-order valence-electron chi connectivity index (χ2n) is 4.84. The normalized spacial score (nSPS) is 10.6. The van der Waals surface area contributed by atoms with Crippen molar-refractivity contribution in [2.75, 3.05) is 13.2 Å². The number of aromatic nitrogens is 2. The SMILES string of the molecule is Cc1cc[n+](CCOCC[n+]2ccc(C)cc2)cc1. The van der Waals surface area contributed by atoms with E-state index in [0.717, 1.165) is 26.3 Å². The van der Waals surface area contributed by atoms with Gasteiger partial charge in [0.2, 0.25) is 0 Å². The third-order valence-corrected chi connectivity index (χ3v) is 3.10. The zero-order chi connectivity index (χ0) is 13.5. The van der Waals surface area contributed by atoms with Crippen LogP contribution in [0, 0.1) is 13.8 Å². The molecule has 0 saturated carbocycles. The van der Waals surface area contributed by atoms with Crippen LogP contribution in [0.3, 0.4) is 0 Å². The van der Waals surface area contributed by atoms with Crippen LogP contribution in [0.15, 0.2) is 49.1 Å². The minimum absolute atomic E-state index is 0.750. The van der Waals surface area contributed by atoms with Crippen LogP contribution < -0.4 is 9.13 Å². The second-order valence-corrected chi connectivity index (χ2v) is 4.84. The molecule has 0 aliphatic carbocycles. The molecule has 0 fully saturated rings.